The monoisotopic (exact) mass is 390 g/mol. The predicted molar refractivity (Wildman–Crippen MR) is 107 cm³/mol. The van der Waals surface area contributed by atoms with Crippen LogP contribution in [0.5, 0.6) is 5.75 Å². The fraction of sp³-hybridized carbons (Fsp3) is 0.300. The van der Waals surface area contributed by atoms with Gasteiger partial charge in [0.1, 0.15) is 17.6 Å². The van der Waals surface area contributed by atoms with Crippen LogP contribution in [0.1, 0.15) is 12.0 Å². The number of carbonyl (C=O) groups is 2. The highest BCUT2D eigenvalue weighted by atomic mass is 32.2. The highest BCUT2D eigenvalue weighted by Crippen LogP contribution is 2.16. The van der Waals surface area contributed by atoms with Crippen LogP contribution in [0.3, 0.4) is 0 Å². The summed E-state index contributed by atoms with van der Waals surface area (Å²) in [4.78, 5) is 24.8. The zero-order valence-electron chi connectivity index (χ0n) is 15.3. The van der Waals surface area contributed by atoms with Crippen LogP contribution in [0.25, 0.3) is 0 Å². The van der Waals surface area contributed by atoms with E-state index in [4.69, 9.17) is 4.74 Å². The summed E-state index contributed by atoms with van der Waals surface area (Å²) < 4.78 is 18.6. The van der Waals surface area contributed by atoms with Gasteiger partial charge >= 0.3 is 0 Å². The molecule has 2 aromatic carbocycles. The van der Waals surface area contributed by atoms with E-state index in [9.17, 15) is 14.0 Å². The number of para-hydroxylation sites is 1. The van der Waals surface area contributed by atoms with Crippen LogP contribution in [-0.4, -0.2) is 36.5 Å². The van der Waals surface area contributed by atoms with E-state index >= 15 is 0 Å². The van der Waals surface area contributed by atoms with E-state index in [2.05, 4.69) is 10.6 Å². The molecule has 1 atom stereocenters. The van der Waals surface area contributed by atoms with E-state index in [1.165, 1.54) is 18.2 Å². The largest absolute Gasteiger partial charge is 0.484 e. The van der Waals surface area contributed by atoms with Crippen molar-refractivity contribution in [1.29, 1.82) is 0 Å². The van der Waals surface area contributed by atoms with Crippen molar-refractivity contribution in [2.45, 2.75) is 19.4 Å². The topological polar surface area (TPSA) is 67.4 Å². The summed E-state index contributed by atoms with van der Waals surface area (Å²) in [5.41, 5.74) is 1.14. The van der Waals surface area contributed by atoms with E-state index in [1.54, 1.807) is 30.8 Å². The maximum absolute atomic E-state index is 13.2. The SMILES string of the molecule is CSCCC(NC(=O)COc1ccccc1)C(=O)Nc1ccc(F)cc1C. The molecule has 2 amide bonds. The number of anilines is 1. The molecule has 0 radical (unpaired) electrons. The van der Waals surface area contributed by atoms with Gasteiger partial charge in [-0.1, -0.05) is 18.2 Å². The molecule has 0 aliphatic rings. The first-order chi connectivity index (χ1) is 13.0. The summed E-state index contributed by atoms with van der Waals surface area (Å²) in [6.07, 6.45) is 2.41. The molecule has 7 heteroatoms. The second kappa shape index (κ2) is 10.6. The lowest BCUT2D eigenvalue weighted by atomic mass is 10.1. The molecule has 0 saturated carbocycles. The van der Waals surface area contributed by atoms with Crippen molar-refractivity contribution >= 4 is 29.3 Å². The van der Waals surface area contributed by atoms with Gasteiger partial charge in [-0.3, -0.25) is 9.59 Å². The second-order valence-electron chi connectivity index (χ2n) is 5.95. The van der Waals surface area contributed by atoms with Gasteiger partial charge in [-0.25, -0.2) is 4.39 Å². The zero-order chi connectivity index (χ0) is 19.6. The summed E-state index contributed by atoms with van der Waals surface area (Å²) in [6.45, 7) is 1.53. The lowest BCUT2D eigenvalue weighted by molar-refractivity contribution is -0.127. The summed E-state index contributed by atoms with van der Waals surface area (Å²) in [5, 5.41) is 5.46. The molecule has 0 heterocycles. The Morgan fingerprint density at radius 1 is 1.19 bits per heavy atom. The lowest BCUT2D eigenvalue weighted by Gasteiger charge is -2.19. The van der Waals surface area contributed by atoms with Crippen LogP contribution in [0.2, 0.25) is 0 Å². The van der Waals surface area contributed by atoms with Crippen LogP contribution >= 0.6 is 11.8 Å². The van der Waals surface area contributed by atoms with Gasteiger partial charge in [-0.15, -0.1) is 0 Å². The molecule has 0 aromatic heterocycles. The number of amides is 2. The molecule has 0 fully saturated rings. The van der Waals surface area contributed by atoms with Gasteiger partial charge in [0.15, 0.2) is 6.61 Å². The molecule has 5 nitrogen and oxygen atoms in total. The predicted octanol–water partition coefficient (Wildman–Crippen LogP) is 3.39. The van der Waals surface area contributed by atoms with Gasteiger partial charge in [0.2, 0.25) is 5.91 Å². The van der Waals surface area contributed by atoms with Crippen molar-refractivity contribution in [1.82, 2.24) is 5.32 Å². The number of rotatable bonds is 9. The average Bonchev–Trinajstić information content (AvgIpc) is 2.66. The molecule has 2 aromatic rings. The number of nitrogens with one attached hydrogen (secondary N) is 2. The maximum atomic E-state index is 13.2. The van der Waals surface area contributed by atoms with E-state index < -0.39 is 6.04 Å². The summed E-state index contributed by atoms with van der Waals surface area (Å²) in [5.74, 6) is 0.207. The Labute approximate surface area is 162 Å². The van der Waals surface area contributed by atoms with Crippen LogP contribution in [-0.2, 0) is 9.59 Å². The Hall–Kier alpha value is -2.54. The first-order valence-corrected chi connectivity index (χ1v) is 9.92. The zero-order valence-corrected chi connectivity index (χ0v) is 16.1. The number of ether oxygens (including phenoxy) is 1. The highest BCUT2D eigenvalue weighted by molar-refractivity contribution is 7.98. The average molecular weight is 390 g/mol. The third-order valence-electron chi connectivity index (χ3n) is 3.82. The molecular weight excluding hydrogens is 367 g/mol. The first-order valence-electron chi connectivity index (χ1n) is 8.52. The molecule has 27 heavy (non-hydrogen) atoms. The third kappa shape index (κ3) is 6.94. The number of hydrogen-bond acceptors (Lipinski definition) is 4. The fourth-order valence-corrected chi connectivity index (χ4v) is 2.86. The fourth-order valence-electron chi connectivity index (χ4n) is 2.39. The number of halogens is 1. The number of benzene rings is 2. The van der Waals surface area contributed by atoms with Crippen molar-refractivity contribution < 1.29 is 18.7 Å². The van der Waals surface area contributed by atoms with Crippen LogP contribution in [0.15, 0.2) is 48.5 Å². The van der Waals surface area contributed by atoms with E-state index in [0.717, 1.165) is 0 Å². The molecule has 2 N–H and O–H groups in total. The Morgan fingerprint density at radius 3 is 2.59 bits per heavy atom. The number of aryl methyl sites for hydroxylation is 1. The molecule has 0 aliphatic heterocycles. The normalized spacial score (nSPS) is 11.5. The van der Waals surface area contributed by atoms with Gasteiger partial charge in [0.25, 0.3) is 5.91 Å². The molecule has 144 valence electrons. The Kier molecular flexibility index (Phi) is 8.13. The molecule has 2 rings (SSSR count). The first kappa shape index (κ1) is 20.8. The molecule has 0 saturated heterocycles. The van der Waals surface area contributed by atoms with E-state index in [1.807, 2.05) is 24.5 Å². The highest BCUT2D eigenvalue weighted by Gasteiger charge is 2.21. The molecule has 0 aliphatic carbocycles. The minimum Gasteiger partial charge on any atom is -0.484 e. The minimum absolute atomic E-state index is 0.178. The standard InChI is InChI=1S/C20H23FN2O3S/c1-14-12-15(21)8-9-17(14)23-20(25)18(10-11-27-2)22-19(24)13-26-16-6-4-3-5-7-16/h3-9,12,18H,10-11,13H2,1-2H3,(H,22,24)(H,23,25). The van der Waals surface area contributed by atoms with Crippen molar-refractivity contribution in [3.8, 4) is 5.75 Å². The smallest absolute Gasteiger partial charge is 0.258 e. The third-order valence-corrected chi connectivity index (χ3v) is 4.47. The van der Waals surface area contributed by atoms with Crippen LogP contribution in [0.4, 0.5) is 10.1 Å². The van der Waals surface area contributed by atoms with Crippen molar-refractivity contribution in [3.05, 3.63) is 59.9 Å². The molecule has 1 unspecified atom stereocenters. The minimum atomic E-state index is -0.700. The van der Waals surface area contributed by atoms with Gasteiger partial charge < -0.3 is 15.4 Å². The lowest BCUT2D eigenvalue weighted by Crippen LogP contribution is -2.46. The van der Waals surface area contributed by atoms with Gasteiger partial charge in [-0.2, -0.15) is 11.8 Å². The number of hydrogen-bond donors (Lipinski definition) is 2. The molecule has 0 bridgehead atoms. The van der Waals surface area contributed by atoms with Gasteiger partial charge in [-0.05, 0) is 61.2 Å². The summed E-state index contributed by atoms with van der Waals surface area (Å²) >= 11 is 1.58. The van der Waals surface area contributed by atoms with Crippen LogP contribution < -0.4 is 15.4 Å². The van der Waals surface area contributed by atoms with E-state index in [-0.39, 0.29) is 24.2 Å². The molecular formula is C20H23FN2O3S. The van der Waals surface area contributed by atoms with Crippen molar-refractivity contribution in [3.63, 3.8) is 0 Å². The van der Waals surface area contributed by atoms with Gasteiger partial charge in [0, 0.05) is 5.69 Å². The quantitative estimate of drug-likeness (QED) is 0.689. The van der Waals surface area contributed by atoms with Gasteiger partial charge in [0.05, 0.1) is 0 Å². The van der Waals surface area contributed by atoms with Crippen molar-refractivity contribution in [2.75, 3.05) is 23.9 Å². The van der Waals surface area contributed by atoms with Crippen LogP contribution in [0, 0.1) is 12.7 Å². The Bertz CT molecular complexity index is 771. The summed E-state index contributed by atoms with van der Waals surface area (Å²) in [7, 11) is 0. The number of thioether (sulfide) groups is 1. The molecule has 0 spiro atoms. The summed E-state index contributed by atoms with van der Waals surface area (Å²) in [6, 6.07) is 12.4. The number of carbonyl (C=O) groups excluding carboxylic acids is 2. The Balaban J connectivity index is 1.96. The second-order valence-corrected chi connectivity index (χ2v) is 6.94. The van der Waals surface area contributed by atoms with E-state index in [0.29, 0.717) is 29.2 Å². The maximum Gasteiger partial charge on any atom is 0.258 e. The Morgan fingerprint density at radius 2 is 1.93 bits per heavy atom. The van der Waals surface area contributed by atoms with Crippen molar-refractivity contribution in [2.24, 2.45) is 0 Å².